The molecule has 2 nitrogen and oxygen atoms in total. The predicted octanol–water partition coefficient (Wildman–Crippen LogP) is 4.47. The molecular weight excluding hydrogens is 248 g/mol. The zero-order valence-corrected chi connectivity index (χ0v) is 12.4. The highest BCUT2D eigenvalue weighted by atomic mass is 16.3. The van der Waals surface area contributed by atoms with E-state index in [4.69, 9.17) is 0 Å². The largest absolute Gasteiger partial charge is 0.512 e. The van der Waals surface area contributed by atoms with Crippen LogP contribution in [0.2, 0.25) is 0 Å². The van der Waals surface area contributed by atoms with Gasteiger partial charge in [0.2, 0.25) is 0 Å². The molecule has 106 valence electrons. The van der Waals surface area contributed by atoms with Crippen LogP contribution in [0.4, 0.5) is 0 Å². The lowest BCUT2D eigenvalue weighted by atomic mass is 9.70. The molecule has 0 bridgehead atoms. The molecule has 0 spiro atoms. The van der Waals surface area contributed by atoms with Crippen molar-refractivity contribution in [3.8, 4) is 5.75 Å². The fraction of sp³-hybridized carbons (Fsp3) is 0.444. The number of rotatable bonds is 1. The fourth-order valence-corrected chi connectivity index (χ4v) is 4.24. The lowest BCUT2D eigenvalue weighted by Crippen LogP contribution is -2.28. The molecule has 0 heterocycles. The van der Waals surface area contributed by atoms with E-state index >= 15 is 0 Å². The standard InChI is InChI=1S/C18H22O2/c1-17(2)11-18(3,12-4-6-13(19)7-5-12)16-10-14(20)8-9-15(16)17/h4-9,16,19-20H,10-11H2,1-3H3. The van der Waals surface area contributed by atoms with Crippen molar-refractivity contribution in [2.24, 2.45) is 11.3 Å². The number of aromatic hydroxyl groups is 1. The van der Waals surface area contributed by atoms with E-state index in [1.54, 1.807) is 12.1 Å². The Kier molecular flexibility index (Phi) is 2.75. The number of aliphatic hydroxyl groups excluding tert-OH is 1. The summed E-state index contributed by atoms with van der Waals surface area (Å²) in [6, 6.07) is 7.55. The lowest BCUT2D eigenvalue weighted by Gasteiger charge is -2.33. The Morgan fingerprint density at radius 3 is 2.30 bits per heavy atom. The molecule has 1 aromatic carbocycles. The Balaban J connectivity index is 2.08. The molecule has 2 aliphatic rings. The monoisotopic (exact) mass is 270 g/mol. The molecular formula is C18H22O2. The molecule has 1 fully saturated rings. The fourth-order valence-electron chi connectivity index (χ4n) is 4.24. The minimum atomic E-state index is 0.00523. The topological polar surface area (TPSA) is 40.5 Å². The van der Waals surface area contributed by atoms with Crippen LogP contribution in [0.15, 0.2) is 47.7 Å². The van der Waals surface area contributed by atoms with Crippen molar-refractivity contribution in [1.82, 2.24) is 0 Å². The summed E-state index contributed by atoms with van der Waals surface area (Å²) < 4.78 is 0. The molecule has 1 aromatic rings. The van der Waals surface area contributed by atoms with Crippen LogP contribution in [0, 0.1) is 11.3 Å². The molecule has 2 aliphatic carbocycles. The number of fused-ring (bicyclic) bond motifs is 1. The first-order chi connectivity index (χ1) is 9.33. The molecule has 0 amide bonds. The van der Waals surface area contributed by atoms with Crippen molar-refractivity contribution in [3.63, 3.8) is 0 Å². The normalized spacial score (nSPS) is 31.4. The van der Waals surface area contributed by atoms with Crippen LogP contribution in [-0.2, 0) is 5.41 Å². The van der Waals surface area contributed by atoms with E-state index in [9.17, 15) is 10.2 Å². The van der Waals surface area contributed by atoms with Gasteiger partial charge in [-0.2, -0.15) is 0 Å². The lowest BCUT2D eigenvalue weighted by molar-refractivity contribution is 0.296. The van der Waals surface area contributed by atoms with Crippen molar-refractivity contribution in [2.75, 3.05) is 0 Å². The molecule has 1 saturated carbocycles. The van der Waals surface area contributed by atoms with Crippen molar-refractivity contribution < 1.29 is 10.2 Å². The third-order valence-electron chi connectivity index (χ3n) is 5.13. The highest BCUT2D eigenvalue weighted by molar-refractivity contribution is 5.43. The molecule has 2 atom stereocenters. The smallest absolute Gasteiger partial charge is 0.115 e. The van der Waals surface area contributed by atoms with Gasteiger partial charge in [-0.3, -0.25) is 0 Å². The second-order valence-electron chi connectivity index (χ2n) is 7.06. The van der Waals surface area contributed by atoms with Crippen molar-refractivity contribution >= 4 is 0 Å². The first-order valence-electron chi connectivity index (χ1n) is 7.23. The van der Waals surface area contributed by atoms with E-state index in [1.807, 2.05) is 18.2 Å². The van der Waals surface area contributed by atoms with Crippen molar-refractivity contribution in [3.05, 3.63) is 53.3 Å². The first-order valence-corrected chi connectivity index (χ1v) is 7.23. The Hall–Kier alpha value is -1.70. The summed E-state index contributed by atoms with van der Waals surface area (Å²) in [5.74, 6) is 1.12. The summed E-state index contributed by atoms with van der Waals surface area (Å²) in [5, 5.41) is 19.4. The van der Waals surface area contributed by atoms with Crippen LogP contribution in [0.1, 0.15) is 39.2 Å². The number of allylic oxidation sites excluding steroid dienone is 4. The van der Waals surface area contributed by atoms with E-state index < -0.39 is 0 Å². The Morgan fingerprint density at radius 2 is 1.65 bits per heavy atom. The molecule has 0 radical (unpaired) electrons. The minimum Gasteiger partial charge on any atom is -0.512 e. The molecule has 2 unspecified atom stereocenters. The minimum absolute atomic E-state index is 0.00523. The van der Waals surface area contributed by atoms with E-state index in [-0.39, 0.29) is 10.8 Å². The maximum absolute atomic E-state index is 9.93. The van der Waals surface area contributed by atoms with Gasteiger partial charge in [-0.1, -0.05) is 44.6 Å². The molecule has 0 aliphatic heterocycles. The van der Waals surface area contributed by atoms with Gasteiger partial charge in [0.25, 0.3) is 0 Å². The molecule has 2 heteroatoms. The number of aliphatic hydroxyl groups is 1. The van der Waals surface area contributed by atoms with Crippen LogP contribution in [-0.4, -0.2) is 10.2 Å². The Labute approximate surface area is 120 Å². The van der Waals surface area contributed by atoms with Crippen LogP contribution in [0.3, 0.4) is 0 Å². The second-order valence-corrected chi connectivity index (χ2v) is 7.06. The van der Waals surface area contributed by atoms with Crippen LogP contribution in [0.5, 0.6) is 5.75 Å². The number of hydrogen-bond donors (Lipinski definition) is 2. The zero-order valence-electron chi connectivity index (χ0n) is 12.4. The summed E-state index contributed by atoms with van der Waals surface area (Å²) in [4.78, 5) is 0. The van der Waals surface area contributed by atoms with Gasteiger partial charge in [0, 0.05) is 11.8 Å². The van der Waals surface area contributed by atoms with Gasteiger partial charge in [-0.05, 0) is 41.5 Å². The van der Waals surface area contributed by atoms with Gasteiger partial charge in [0.1, 0.15) is 5.75 Å². The van der Waals surface area contributed by atoms with Crippen molar-refractivity contribution in [2.45, 2.75) is 39.0 Å². The number of benzene rings is 1. The Bertz CT molecular complexity index is 592. The highest BCUT2D eigenvalue weighted by Crippen LogP contribution is 2.60. The van der Waals surface area contributed by atoms with Gasteiger partial charge in [-0.25, -0.2) is 0 Å². The van der Waals surface area contributed by atoms with Crippen LogP contribution < -0.4 is 0 Å². The highest BCUT2D eigenvalue weighted by Gasteiger charge is 2.52. The Morgan fingerprint density at radius 1 is 1.00 bits per heavy atom. The van der Waals surface area contributed by atoms with Gasteiger partial charge in [0.15, 0.2) is 0 Å². The van der Waals surface area contributed by atoms with Crippen molar-refractivity contribution in [1.29, 1.82) is 0 Å². The predicted molar refractivity (Wildman–Crippen MR) is 80.8 cm³/mol. The second kappa shape index (κ2) is 4.15. The first kappa shape index (κ1) is 13.3. The molecule has 0 aromatic heterocycles. The van der Waals surface area contributed by atoms with E-state index in [1.165, 1.54) is 11.1 Å². The van der Waals surface area contributed by atoms with Crippen LogP contribution in [0.25, 0.3) is 0 Å². The summed E-state index contributed by atoms with van der Waals surface area (Å²) in [6.45, 7) is 6.85. The average molecular weight is 270 g/mol. The van der Waals surface area contributed by atoms with Gasteiger partial charge in [-0.15, -0.1) is 0 Å². The molecule has 0 saturated heterocycles. The quantitative estimate of drug-likeness (QED) is 0.790. The summed E-state index contributed by atoms with van der Waals surface area (Å²) in [6.07, 6.45) is 5.72. The van der Waals surface area contributed by atoms with Gasteiger partial charge < -0.3 is 10.2 Å². The van der Waals surface area contributed by atoms with Gasteiger partial charge >= 0.3 is 0 Å². The number of hydrogen-bond acceptors (Lipinski definition) is 2. The number of phenols is 1. The zero-order chi connectivity index (χ0) is 14.5. The summed E-state index contributed by atoms with van der Waals surface area (Å²) in [7, 11) is 0. The third-order valence-corrected chi connectivity index (χ3v) is 5.13. The van der Waals surface area contributed by atoms with E-state index in [0.29, 0.717) is 23.8 Å². The third kappa shape index (κ3) is 1.86. The molecule has 2 N–H and O–H groups in total. The molecule has 3 rings (SSSR count). The number of phenolic OH excluding ortho intramolecular Hbond substituents is 1. The SMILES string of the molecule is CC1(C)CC(C)(c2ccc(O)cc2)C2CC(O)=CC=C21. The average Bonchev–Trinajstić information content (AvgIpc) is 2.58. The van der Waals surface area contributed by atoms with E-state index in [0.717, 1.165) is 6.42 Å². The van der Waals surface area contributed by atoms with Gasteiger partial charge in [0.05, 0.1) is 5.76 Å². The summed E-state index contributed by atoms with van der Waals surface area (Å²) in [5.41, 5.74) is 2.83. The maximum Gasteiger partial charge on any atom is 0.115 e. The van der Waals surface area contributed by atoms with Crippen LogP contribution >= 0.6 is 0 Å². The molecule has 20 heavy (non-hydrogen) atoms. The summed E-state index contributed by atoms with van der Waals surface area (Å²) >= 11 is 0. The maximum atomic E-state index is 9.93. The van der Waals surface area contributed by atoms with E-state index in [2.05, 4.69) is 26.8 Å².